The van der Waals surface area contributed by atoms with Crippen LogP contribution in [0, 0.1) is 0 Å². The van der Waals surface area contributed by atoms with Gasteiger partial charge in [-0.25, -0.2) is 9.67 Å². The maximum atomic E-state index is 10.3. The number of aromatic nitrogens is 3. The molecule has 1 unspecified atom stereocenters. The minimum atomic E-state index is -0.853. The van der Waals surface area contributed by atoms with Crippen molar-refractivity contribution in [2.24, 2.45) is 0 Å². The van der Waals surface area contributed by atoms with Gasteiger partial charge >= 0.3 is 0 Å². The van der Waals surface area contributed by atoms with Gasteiger partial charge in [0, 0.05) is 19.6 Å². The molecule has 0 bridgehead atoms. The smallest absolute Gasteiger partial charge is 0.138 e. The minimum absolute atomic E-state index is 0.251. The molecule has 1 rings (SSSR count). The summed E-state index contributed by atoms with van der Waals surface area (Å²) in [5, 5.41) is 14.4. The first-order chi connectivity index (χ1) is 7.52. The first kappa shape index (κ1) is 13.1. The normalized spacial score (nSPS) is 15.4. The van der Waals surface area contributed by atoms with E-state index in [2.05, 4.69) is 10.1 Å². The monoisotopic (exact) mass is 227 g/mol. The molecule has 1 aromatic rings. The van der Waals surface area contributed by atoms with Gasteiger partial charge in [0.2, 0.25) is 0 Å². The number of nitrogens with zero attached hydrogens (tertiary/aromatic N) is 3. The summed E-state index contributed by atoms with van der Waals surface area (Å²) in [5.74, 6) is 0.802. The molecule has 0 fully saturated rings. The Kier molecular flexibility index (Phi) is 4.44. The third-order valence-corrected chi connectivity index (χ3v) is 2.69. The third-order valence-electron chi connectivity index (χ3n) is 2.69. The Hall–Kier alpha value is -0.940. The van der Waals surface area contributed by atoms with E-state index in [1.807, 2.05) is 25.5 Å². The van der Waals surface area contributed by atoms with Crippen molar-refractivity contribution in [3.8, 4) is 0 Å². The van der Waals surface area contributed by atoms with Crippen molar-refractivity contribution in [2.45, 2.75) is 45.3 Å². The lowest BCUT2D eigenvalue weighted by molar-refractivity contribution is -0.0353. The van der Waals surface area contributed by atoms with E-state index in [4.69, 9.17) is 4.74 Å². The van der Waals surface area contributed by atoms with Crippen LogP contribution in [0.25, 0.3) is 0 Å². The van der Waals surface area contributed by atoms with E-state index in [-0.39, 0.29) is 6.04 Å². The maximum Gasteiger partial charge on any atom is 0.138 e. The van der Waals surface area contributed by atoms with Crippen molar-refractivity contribution < 1.29 is 9.84 Å². The summed E-state index contributed by atoms with van der Waals surface area (Å²) in [7, 11) is 1.59. The molecule has 0 amide bonds. The van der Waals surface area contributed by atoms with Crippen LogP contribution in [0.15, 0.2) is 6.33 Å². The molecule has 0 aliphatic carbocycles. The molecule has 1 atom stereocenters. The van der Waals surface area contributed by atoms with E-state index in [9.17, 15) is 5.11 Å². The van der Waals surface area contributed by atoms with Crippen LogP contribution in [0.2, 0.25) is 0 Å². The number of hydrogen-bond donors (Lipinski definition) is 1. The molecule has 0 radical (unpaired) electrons. The van der Waals surface area contributed by atoms with Crippen molar-refractivity contribution in [1.29, 1.82) is 0 Å². The molecule has 0 saturated heterocycles. The molecule has 5 heteroatoms. The lowest BCUT2D eigenvalue weighted by atomic mass is 9.97. The van der Waals surface area contributed by atoms with Gasteiger partial charge in [0.05, 0.1) is 12.2 Å². The molecule has 0 aromatic carbocycles. The van der Waals surface area contributed by atoms with E-state index < -0.39 is 5.60 Å². The fourth-order valence-corrected chi connectivity index (χ4v) is 1.67. The first-order valence-corrected chi connectivity index (χ1v) is 5.62. The van der Waals surface area contributed by atoms with Crippen LogP contribution < -0.4 is 0 Å². The number of aliphatic hydroxyl groups is 1. The highest BCUT2D eigenvalue weighted by Crippen LogP contribution is 2.18. The predicted octanol–water partition coefficient (Wildman–Crippen LogP) is 1.19. The number of methoxy groups -OCH3 is 1. The lowest BCUT2D eigenvalue weighted by Gasteiger charge is -2.25. The Morgan fingerprint density at radius 3 is 2.75 bits per heavy atom. The van der Waals surface area contributed by atoms with Crippen molar-refractivity contribution in [3.05, 3.63) is 12.2 Å². The quantitative estimate of drug-likeness (QED) is 0.793. The van der Waals surface area contributed by atoms with Crippen LogP contribution in [-0.2, 0) is 11.2 Å². The molecule has 0 saturated carbocycles. The third kappa shape index (κ3) is 3.02. The summed E-state index contributed by atoms with van der Waals surface area (Å²) in [6.07, 6.45) is 2.62. The van der Waals surface area contributed by atoms with Gasteiger partial charge in [-0.1, -0.05) is 6.92 Å². The fraction of sp³-hybridized carbons (Fsp3) is 0.818. The molecule has 0 spiro atoms. The zero-order chi connectivity index (χ0) is 12.2. The van der Waals surface area contributed by atoms with Gasteiger partial charge in [0.15, 0.2) is 0 Å². The molecule has 1 N–H and O–H groups in total. The van der Waals surface area contributed by atoms with E-state index >= 15 is 0 Å². The molecule has 16 heavy (non-hydrogen) atoms. The zero-order valence-electron chi connectivity index (χ0n) is 10.5. The Morgan fingerprint density at radius 1 is 1.56 bits per heavy atom. The van der Waals surface area contributed by atoms with E-state index in [1.165, 1.54) is 6.33 Å². The van der Waals surface area contributed by atoms with Crippen LogP contribution in [0.4, 0.5) is 0 Å². The molecule has 1 aromatic heterocycles. The predicted molar refractivity (Wildman–Crippen MR) is 61.2 cm³/mol. The summed E-state index contributed by atoms with van der Waals surface area (Å²) in [4.78, 5) is 4.19. The van der Waals surface area contributed by atoms with Crippen LogP contribution in [-0.4, -0.2) is 39.2 Å². The number of ether oxygens (including phenoxy) is 1. The Labute approximate surface area is 96.5 Å². The summed E-state index contributed by atoms with van der Waals surface area (Å²) in [6, 6.07) is 0.251. The van der Waals surface area contributed by atoms with Crippen molar-refractivity contribution in [3.63, 3.8) is 0 Å². The van der Waals surface area contributed by atoms with Crippen LogP contribution in [0.5, 0.6) is 0 Å². The van der Waals surface area contributed by atoms with Gasteiger partial charge in [-0.3, -0.25) is 0 Å². The molecular weight excluding hydrogens is 206 g/mol. The molecule has 5 nitrogen and oxygen atoms in total. The largest absolute Gasteiger partial charge is 0.387 e. The standard InChI is InChI=1S/C11H21N3O2/c1-5-11(15,7-16-4)6-10-12-8-13-14(10)9(2)3/h8-9,15H,5-7H2,1-4H3. The van der Waals surface area contributed by atoms with Gasteiger partial charge < -0.3 is 9.84 Å². The molecule has 0 aliphatic rings. The van der Waals surface area contributed by atoms with E-state index in [0.717, 1.165) is 5.82 Å². The van der Waals surface area contributed by atoms with Crippen LogP contribution in [0.1, 0.15) is 39.1 Å². The van der Waals surface area contributed by atoms with Crippen molar-refractivity contribution in [2.75, 3.05) is 13.7 Å². The Morgan fingerprint density at radius 2 is 2.25 bits per heavy atom. The minimum Gasteiger partial charge on any atom is -0.387 e. The molecule has 92 valence electrons. The topological polar surface area (TPSA) is 60.2 Å². The Balaban J connectivity index is 2.81. The number of hydrogen-bond acceptors (Lipinski definition) is 4. The Bertz CT molecular complexity index is 325. The number of rotatable bonds is 6. The van der Waals surface area contributed by atoms with E-state index in [1.54, 1.807) is 7.11 Å². The summed E-state index contributed by atoms with van der Waals surface area (Å²) < 4.78 is 6.87. The maximum absolute atomic E-state index is 10.3. The van der Waals surface area contributed by atoms with Gasteiger partial charge in [-0.2, -0.15) is 5.10 Å². The SMILES string of the molecule is CCC(O)(COC)Cc1ncnn1C(C)C. The molecular formula is C11H21N3O2. The molecule has 0 aliphatic heterocycles. The second-order valence-corrected chi connectivity index (χ2v) is 4.40. The first-order valence-electron chi connectivity index (χ1n) is 5.62. The van der Waals surface area contributed by atoms with Crippen molar-refractivity contribution >= 4 is 0 Å². The summed E-state index contributed by atoms with van der Waals surface area (Å²) in [6.45, 7) is 6.34. The highest BCUT2D eigenvalue weighted by Gasteiger charge is 2.27. The van der Waals surface area contributed by atoms with Gasteiger partial charge in [-0.15, -0.1) is 0 Å². The van der Waals surface area contributed by atoms with E-state index in [0.29, 0.717) is 19.4 Å². The summed E-state index contributed by atoms with van der Waals surface area (Å²) >= 11 is 0. The van der Waals surface area contributed by atoms with Gasteiger partial charge in [-0.05, 0) is 20.3 Å². The highest BCUT2D eigenvalue weighted by atomic mass is 16.5. The van der Waals surface area contributed by atoms with Crippen LogP contribution in [0.3, 0.4) is 0 Å². The average Bonchev–Trinajstić information content (AvgIpc) is 2.66. The summed E-state index contributed by atoms with van der Waals surface area (Å²) in [5.41, 5.74) is -0.853. The van der Waals surface area contributed by atoms with Gasteiger partial charge in [0.1, 0.15) is 12.2 Å². The zero-order valence-corrected chi connectivity index (χ0v) is 10.5. The van der Waals surface area contributed by atoms with Crippen molar-refractivity contribution in [1.82, 2.24) is 14.8 Å². The van der Waals surface area contributed by atoms with Crippen LogP contribution >= 0.6 is 0 Å². The second kappa shape index (κ2) is 5.41. The lowest BCUT2D eigenvalue weighted by Crippen LogP contribution is -2.37. The second-order valence-electron chi connectivity index (χ2n) is 4.40. The highest BCUT2D eigenvalue weighted by molar-refractivity contribution is 4.95. The van der Waals surface area contributed by atoms with Gasteiger partial charge in [0.25, 0.3) is 0 Å². The molecule has 1 heterocycles. The fourth-order valence-electron chi connectivity index (χ4n) is 1.67. The average molecular weight is 227 g/mol.